The lowest BCUT2D eigenvalue weighted by molar-refractivity contribution is 0.590. The lowest BCUT2D eigenvalue weighted by Gasteiger charge is -2.33. The van der Waals surface area contributed by atoms with Crippen LogP contribution < -0.4 is 4.90 Å². The first kappa shape index (κ1) is 32.2. The molecule has 1 spiro atoms. The Morgan fingerprint density at radius 2 is 0.982 bits per heavy atom. The third kappa shape index (κ3) is 4.59. The van der Waals surface area contributed by atoms with Crippen LogP contribution in [0, 0.1) is 0 Å². The van der Waals surface area contributed by atoms with Crippen molar-refractivity contribution in [3.63, 3.8) is 0 Å². The van der Waals surface area contributed by atoms with Gasteiger partial charge in [-0.3, -0.25) is 0 Å². The van der Waals surface area contributed by atoms with Crippen LogP contribution >= 0.6 is 11.3 Å². The topological polar surface area (TPSA) is 3.24 Å². The quantitative estimate of drug-likeness (QED) is 0.175. The summed E-state index contributed by atoms with van der Waals surface area (Å²) in [6, 6.07) is 68.1. The Bertz CT molecular complexity index is 2900. The van der Waals surface area contributed by atoms with Gasteiger partial charge in [-0.25, -0.2) is 0 Å². The Labute approximate surface area is 326 Å². The molecular formula is C53H39NS. The minimum atomic E-state index is -0.447. The molecule has 0 unspecified atom stereocenters. The molecule has 1 nitrogen and oxygen atoms in total. The Kier molecular flexibility index (Phi) is 6.97. The first-order chi connectivity index (χ1) is 26.9. The average Bonchev–Trinajstić information content (AvgIpc) is 3.86. The highest BCUT2D eigenvalue weighted by Crippen LogP contribution is 2.65. The van der Waals surface area contributed by atoms with Crippen molar-refractivity contribution in [3.8, 4) is 33.4 Å². The normalized spacial score (nSPS) is 13.5. The van der Waals surface area contributed by atoms with E-state index in [2.05, 4.69) is 208 Å². The van der Waals surface area contributed by atoms with E-state index in [4.69, 9.17) is 0 Å². The molecule has 0 aliphatic heterocycles. The summed E-state index contributed by atoms with van der Waals surface area (Å²) in [6.07, 6.45) is 0. The van der Waals surface area contributed by atoms with Gasteiger partial charge in [0.25, 0.3) is 0 Å². The van der Waals surface area contributed by atoms with Crippen molar-refractivity contribution in [2.45, 2.75) is 31.6 Å². The van der Waals surface area contributed by atoms with Crippen LogP contribution in [0.3, 0.4) is 0 Å². The van der Waals surface area contributed by atoms with Crippen molar-refractivity contribution < 1.29 is 0 Å². The van der Waals surface area contributed by atoms with Gasteiger partial charge in [0.1, 0.15) is 0 Å². The SMILES string of the molecule is CC(C)(C)c1ccc(N(c2ccc(-c3ccccc3)cc2)c2cc3c(c4sc5ccccc5c24)-c2ccccc2C32c3ccccc3-c3ccccc32)cc1. The van der Waals surface area contributed by atoms with Crippen molar-refractivity contribution in [2.75, 3.05) is 4.90 Å². The number of hydrogen-bond donors (Lipinski definition) is 0. The average molecular weight is 722 g/mol. The lowest BCUT2D eigenvalue weighted by Crippen LogP contribution is -2.26. The monoisotopic (exact) mass is 721 g/mol. The maximum atomic E-state index is 2.57. The van der Waals surface area contributed by atoms with Crippen LogP contribution in [0.15, 0.2) is 182 Å². The maximum Gasteiger partial charge on any atom is 0.0726 e. The number of benzene rings is 8. The molecule has 0 saturated carbocycles. The zero-order chi connectivity index (χ0) is 36.9. The van der Waals surface area contributed by atoms with Gasteiger partial charge in [-0.05, 0) is 97.4 Å². The number of fused-ring (bicyclic) bond motifs is 14. The molecule has 8 aromatic carbocycles. The van der Waals surface area contributed by atoms with E-state index in [9.17, 15) is 0 Å². The number of hydrogen-bond acceptors (Lipinski definition) is 2. The molecule has 0 saturated heterocycles. The fraction of sp³-hybridized carbons (Fsp3) is 0.0943. The van der Waals surface area contributed by atoms with E-state index in [0.717, 1.165) is 11.4 Å². The molecule has 0 bridgehead atoms. The van der Waals surface area contributed by atoms with Crippen LogP contribution in [-0.2, 0) is 10.8 Å². The van der Waals surface area contributed by atoms with Gasteiger partial charge >= 0.3 is 0 Å². The maximum absolute atomic E-state index is 2.57. The summed E-state index contributed by atoms with van der Waals surface area (Å²) >= 11 is 1.94. The third-order valence-electron chi connectivity index (χ3n) is 12.1. The van der Waals surface area contributed by atoms with E-state index in [1.807, 2.05) is 11.3 Å². The van der Waals surface area contributed by atoms with E-state index >= 15 is 0 Å². The second-order valence-electron chi connectivity index (χ2n) is 16.1. The van der Waals surface area contributed by atoms with Crippen LogP contribution in [0.4, 0.5) is 17.1 Å². The molecule has 2 aliphatic rings. The van der Waals surface area contributed by atoms with Crippen molar-refractivity contribution in [2.24, 2.45) is 0 Å². The van der Waals surface area contributed by atoms with Crippen LogP contribution in [0.25, 0.3) is 53.6 Å². The number of thiophene rings is 1. The summed E-state index contributed by atoms with van der Waals surface area (Å²) < 4.78 is 2.65. The number of rotatable bonds is 4. The van der Waals surface area contributed by atoms with E-state index in [-0.39, 0.29) is 5.41 Å². The van der Waals surface area contributed by atoms with E-state index in [0.29, 0.717) is 0 Å². The Morgan fingerprint density at radius 1 is 0.473 bits per heavy atom. The summed E-state index contributed by atoms with van der Waals surface area (Å²) in [5.41, 5.74) is 17.6. The smallest absolute Gasteiger partial charge is 0.0726 e. The van der Waals surface area contributed by atoms with Gasteiger partial charge in [0.05, 0.1) is 11.1 Å². The van der Waals surface area contributed by atoms with E-state index < -0.39 is 5.41 Å². The molecule has 55 heavy (non-hydrogen) atoms. The van der Waals surface area contributed by atoms with Crippen LogP contribution in [0.5, 0.6) is 0 Å². The molecule has 1 aromatic heterocycles. The molecular weight excluding hydrogens is 683 g/mol. The zero-order valence-corrected chi connectivity index (χ0v) is 32.0. The van der Waals surface area contributed by atoms with Gasteiger partial charge in [-0.2, -0.15) is 0 Å². The first-order valence-electron chi connectivity index (χ1n) is 19.3. The second kappa shape index (κ2) is 11.9. The van der Waals surface area contributed by atoms with Gasteiger partial charge in [0, 0.05) is 37.1 Å². The Balaban J connectivity index is 1.27. The summed E-state index contributed by atoms with van der Waals surface area (Å²) in [7, 11) is 0. The summed E-state index contributed by atoms with van der Waals surface area (Å²) in [5.74, 6) is 0. The predicted molar refractivity (Wildman–Crippen MR) is 234 cm³/mol. The predicted octanol–water partition coefficient (Wildman–Crippen LogP) is 14.8. The summed E-state index contributed by atoms with van der Waals surface area (Å²) in [5, 5.41) is 2.60. The Morgan fingerprint density at radius 3 is 1.62 bits per heavy atom. The van der Waals surface area contributed by atoms with Crippen molar-refractivity contribution in [1.29, 1.82) is 0 Å². The van der Waals surface area contributed by atoms with Crippen LogP contribution in [0.1, 0.15) is 48.6 Å². The van der Waals surface area contributed by atoms with Crippen molar-refractivity contribution >= 4 is 48.6 Å². The van der Waals surface area contributed by atoms with E-state index in [1.54, 1.807) is 0 Å². The van der Waals surface area contributed by atoms with E-state index in [1.165, 1.54) is 87.1 Å². The second-order valence-corrected chi connectivity index (χ2v) is 17.1. The highest BCUT2D eigenvalue weighted by Gasteiger charge is 2.52. The third-order valence-corrected chi connectivity index (χ3v) is 13.2. The standard InChI is InChI=1S/C53H39NS/c1-52(2,3)36-27-31-38(32-28-36)54(37-29-25-35(26-30-37)34-15-5-4-6-16-34)47-33-46-49(51-50(47)42-20-10-14-24-48(42)55-51)41-19-9-13-23-45(41)53(46)43-21-11-7-17-39(43)40-18-8-12-22-44(40)53/h4-33H,1-3H3. The molecule has 0 atom stereocenters. The molecule has 0 amide bonds. The molecule has 0 fully saturated rings. The van der Waals surface area contributed by atoms with Crippen LogP contribution in [-0.4, -0.2) is 0 Å². The molecule has 11 rings (SSSR count). The molecule has 9 aromatic rings. The summed E-state index contributed by atoms with van der Waals surface area (Å²) in [4.78, 5) is 2.52. The molecule has 262 valence electrons. The minimum absolute atomic E-state index is 0.0481. The molecule has 2 aliphatic carbocycles. The largest absolute Gasteiger partial charge is 0.310 e. The van der Waals surface area contributed by atoms with Crippen LogP contribution in [0.2, 0.25) is 0 Å². The van der Waals surface area contributed by atoms with Gasteiger partial charge in [0.15, 0.2) is 0 Å². The molecule has 1 heterocycles. The van der Waals surface area contributed by atoms with Gasteiger partial charge in [-0.15, -0.1) is 11.3 Å². The number of nitrogens with zero attached hydrogens (tertiary/aromatic N) is 1. The van der Waals surface area contributed by atoms with Crippen molar-refractivity contribution in [3.05, 3.63) is 210 Å². The fourth-order valence-corrected chi connectivity index (χ4v) is 10.9. The van der Waals surface area contributed by atoms with Gasteiger partial charge in [-0.1, -0.05) is 166 Å². The van der Waals surface area contributed by atoms with Gasteiger partial charge < -0.3 is 4.90 Å². The lowest BCUT2D eigenvalue weighted by atomic mass is 9.70. The highest BCUT2D eigenvalue weighted by molar-refractivity contribution is 7.26. The molecule has 2 heteroatoms. The summed E-state index contributed by atoms with van der Waals surface area (Å²) in [6.45, 7) is 6.87. The fourth-order valence-electron chi connectivity index (χ4n) is 9.58. The minimum Gasteiger partial charge on any atom is -0.310 e. The number of anilines is 3. The zero-order valence-electron chi connectivity index (χ0n) is 31.2. The Hall–Kier alpha value is -6.22. The first-order valence-corrected chi connectivity index (χ1v) is 20.1. The highest BCUT2D eigenvalue weighted by atomic mass is 32.1. The van der Waals surface area contributed by atoms with Crippen molar-refractivity contribution in [1.82, 2.24) is 0 Å². The molecule has 0 N–H and O–H groups in total. The molecule has 0 radical (unpaired) electrons. The van der Waals surface area contributed by atoms with Gasteiger partial charge in [0.2, 0.25) is 0 Å².